The molecule has 3 rings (SSSR count). The van der Waals surface area contributed by atoms with Crippen molar-refractivity contribution < 1.29 is 13.2 Å². The molecule has 1 aliphatic heterocycles. The second-order valence-corrected chi connectivity index (χ2v) is 10.9. The van der Waals surface area contributed by atoms with E-state index in [1.807, 2.05) is 35.2 Å². The summed E-state index contributed by atoms with van der Waals surface area (Å²) >= 11 is 0. The van der Waals surface area contributed by atoms with Crippen molar-refractivity contribution in [3.63, 3.8) is 0 Å². The van der Waals surface area contributed by atoms with E-state index in [0.29, 0.717) is 30.9 Å². The van der Waals surface area contributed by atoms with Crippen molar-refractivity contribution in [1.29, 1.82) is 0 Å². The van der Waals surface area contributed by atoms with E-state index in [2.05, 4.69) is 31.1 Å². The van der Waals surface area contributed by atoms with Gasteiger partial charge in [-0.3, -0.25) is 4.79 Å². The summed E-state index contributed by atoms with van der Waals surface area (Å²) in [5.41, 5.74) is 2.70. The average Bonchev–Trinajstić information content (AvgIpc) is 2.73. The number of benzene rings is 1. The molecule has 7 nitrogen and oxygen atoms in total. The number of hydrogen-bond acceptors (Lipinski definition) is 5. The van der Waals surface area contributed by atoms with Gasteiger partial charge in [-0.05, 0) is 41.7 Å². The van der Waals surface area contributed by atoms with Crippen LogP contribution in [0.4, 0.5) is 11.5 Å². The van der Waals surface area contributed by atoms with Gasteiger partial charge < -0.3 is 10.2 Å². The molecule has 31 heavy (non-hydrogen) atoms. The topological polar surface area (TPSA) is 82.6 Å². The van der Waals surface area contributed by atoms with E-state index in [4.69, 9.17) is 0 Å². The lowest BCUT2D eigenvalue weighted by molar-refractivity contribution is -0.113. The number of hydrogen-bond donors (Lipinski definition) is 1. The fraction of sp³-hybridized carbons (Fsp3) is 0.391. The van der Waals surface area contributed by atoms with Crippen molar-refractivity contribution in [3.8, 4) is 0 Å². The molecule has 1 aliphatic rings. The van der Waals surface area contributed by atoms with Crippen LogP contribution < -0.4 is 10.2 Å². The summed E-state index contributed by atoms with van der Waals surface area (Å²) in [4.78, 5) is 19.0. The third kappa shape index (κ3) is 5.14. The summed E-state index contributed by atoms with van der Waals surface area (Å²) in [6.07, 6.45) is 3.92. The highest BCUT2D eigenvalue weighted by molar-refractivity contribution is 7.89. The lowest BCUT2D eigenvalue weighted by Crippen LogP contribution is -2.34. The Bertz CT molecular complexity index is 1080. The molecule has 0 bridgehead atoms. The number of anilines is 2. The molecule has 0 unspecified atom stereocenters. The van der Waals surface area contributed by atoms with Gasteiger partial charge in [-0.2, -0.15) is 0 Å². The van der Waals surface area contributed by atoms with E-state index in [0.717, 1.165) is 5.69 Å². The van der Waals surface area contributed by atoms with Crippen molar-refractivity contribution in [3.05, 3.63) is 59.8 Å². The molecule has 1 N–H and O–H groups in total. The first-order chi connectivity index (χ1) is 14.5. The quantitative estimate of drug-likeness (QED) is 0.767. The average molecular weight is 443 g/mol. The van der Waals surface area contributed by atoms with Gasteiger partial charge in [0.2, 0.25) is 10.0 Å². The van der Waals surface area contributed by atoms with Crippen LogP contribution in [0.25, 0.3) is 0 Å². The highest BCUT2D eigenvalue weighted by Crippen LogP contribution is 2.27. The van der Waals surface area contributed by atoms with Crippen LogP contribution in [0.2, 0.25) is 0 Å². The van der Waals surface area contributed by atoms with Gasteiger partial charge in [0.25, 0.3) is 5.91 Å². The van der Waals surface area contributed by atoms with Crippen LogP contribution in [0.1, 0.15) is 32.8 Å². The molecule has 166 valence electrons. The van der Waals surface area contributed by atoms with Gasteiger partial charge in [0, 0.05) is 44.6 Å². The summed E-state index contributed by atoms with van der Waals surface area (Å²) in [7, 11) is -0.615. The molecule has 0 saturated heterocycles. The molecule has 1 amide bonds. The first-order valence-corrected chi connectivity index (χ1v) is 11.7. The number of amides is 1. The first kappa shape index (κ1) is 23.0. The number of carbonyl (C=O) groups excluding carboxylic acids is 1. The van der Waals surface area contributed by atoms with Crippen molar-refractivity contribution >= 4 is 27.4 Å². The van der Waals surface area contributed by atoms with Gasteiger partial charge >= 0.3 is 0 Å². The SMILES string of the molecule is CN(C)S(=O)(=O)c1cccnc1N1CC=C(C(=O)Nc2ccc(C(C)(C)C)cc2)CC1. The van der Waals surface area contributed by atoms with Crippen molar-refractivity contribution in [2.45, 2.75) is 37.5 Å². The molecule has 0 radical (unpaired) electrons. The monoisotopic (exact) mass is 442 g/mol. The minimum atomic E-state index is -3.61. The number of pyridine rings is 1. The molecule has 0 aliphatic carbocycles. The molecule has 0 fully saturated rings. The normalized spacial score (nSPS) is 15.0. The van der Waals surface area contributed by atoms with Crippen LogP contribution in [0, 0.1) is 0 Å². The van der Waals surface area contributed by atoms with Crippen LogP contribution in [0.3, 0.4) is 0 Å². The van der Waals surface area contributed by atoms with Gasteiger partial charge in [0.1, 0.15) is 10.7 Å². The van der Waals surface area contributed by atoms with Crippen molar-refractivity contribution in [2.75, 3.05) is 37.4 Å². The molecular formula is C23H30N4O3S. The third-order valence-electron chi connectivity index (χ3n) is 5.32. The smallest absolute Gasteiger partial charge is 0.251 e. The molecule has 0 saturated carbocycles. The van der Waals surface area contributed by atoms with E-state index < -0.39 is 10.0 Å². The van der Waals surface area contributed by atoms with Crippen LogP contribution in [0.15, 0.2) is 59.1 Å². The second kappa shape index (κ2) is 8.80. The Hall–Kier alpha value is -2.71. The zero-order valence-electron chi connectivity index (χ0n) is 18.7. The summed E-state index contributed by atoms with van der Waals surface area (Å²) < 4.78 is 26.5. The molecule has 1 aromatic carbocycles. The number of nitrogens with one attached hydrogen (secondary N) is 1. The van der Waals surface area contributed by atoms with Gasteiger partial charge in [0.15, 0.2) is 0 Å². The number of nitrogens with zero attached hydrogens (tertiary/aromatic N) is 3. The van der Waals surface area contributed by atoms with Gasteiger partial charge in [0.05, 0.1) is 0 Å². The summed E-state index contributed by atoms with van der Waals surface area (Å²) in [5.74, 6) is 0.273. The molecule has 0 atom stereocenters. The Labute approximate surface area is 184 Å². The molecule has 2 aromatic rings. The Morgan fingerprint density at radius 1 is 1.13 bits per heavy atom. The number of carbonyl (C=O) groups is 1. The van der Waals surface area contributed by atoms with Gasteiger partial charge in [-0.25, -0.2) is 17.7 Å². The number of sulfonamides is 1. The maximum Gasteiger partial charge on any atom is 0.251 e. The highest BCUT2D eigenvalue weighted by atomic mass is 32.2. The summed E-state index contributed by atoms with van der Waals surface area (Å²) in [6.45, 7) is 7.37. The minimum Gasteiger partial charge on any atom is -0.351 e. The molecule has 1 aromatic heterocycles. The Balaban J connectivity index is 1.72. The van der Waals surface area contributed by atoms with E-state index in [1.54, 1.807) is 18.3 Å². The fourth-order valence-corrected chi connectivity index (χ4v) is 4.41. The van der Waals surface area contributed by atoms with Crippen LogP contribution in [-0.4, -0.2) is 50.8 Å². The van der Waals surface area contributed by atoms with Gasteiger partial charge in [-0.15, -0.1) is 0 Å². The lowest BCUT2D eigenvalue weighted by atomic mass is 9.87. The standard InChI is InChI=1S/C23H30N4O3S/c1-23(2,3)18-8-10-19(11-9-18)25-22(28)17-12-15-27(16-13-17)21-20(7-6-14-24-21)31(29,30)26(4)5/h6-12,14H,13,15-16H2,1-5H3,(H,25,28). The van der Waals surface area contributed by atoms with E-state index >= 15 is 0 Å². The molecule has 8 heteroatoms. The zero-order valence-corrected chi connectivity index (χ0v) is 19.5. The Kier molecular flexibility index (Phi) is 6.52. The first-order valence-electron chi connectivity index (χ1n) is 10.2. The predicted molar refractivity (Wildman–Crippen MR) is 124 cm³/mol. The minimum absolute atomic E-state index is 0.0578. The predicted octanol–water partition coefficient (Wildman–Crippen LogP) is 3.40. The van der Waals surface area contributed by atoms with Crippen molar-refractivity contribution in [1.82, 2.24) is 9.29 Å². The fourth-order valence-electron chi connectivity index (χ4n) is 3.35. The van der Waals surface area contributed by atoms with Crippen molar-refractivity contribution in [2.24, 2.45) is 0 Å². The second-order valence-electron chi connectivity index (χ2n) is 8.82. The Morgan fingerprint density at radius 2 is 1.81 bits per heavy atom. The maximum atomic E-state index is 12.7. The Morgan fingerprint density at radius 3 is 2.35 bits per heavy atom. The summed E-state index contributed by atoms with van der Waals surface area (Å²) in [5, 5.41) is 2.95. The number of aromatic nitrogens is 1. The van der Waals surface area contributed by atoms with E-state index in [-0.39, 0.29) is 16.2 Å². The third-order valence-corrected chi connectivity index (χ3v) is 7.15. The number of rotatable bonds is 5. The van der Waals surface area contributed by atoms with Crippen LogP contribution >= 0.6 is 0 Å². The molecule has 0 spiro atoms. The summed E-state index contributed by atoms with van der Waals surface area (Å²) in [6, 6.07) is 11.1. The molecule has 2 heterocycles. The largest absolute Gasteiger partial charge is 0.351 e. The van der Waals surface area contributed by atoms with E-state index in [9.17, 15) is 13.2 Å². The van der Waals surface area contributed by atoms with Crippen LogP contribution in [0.5, 0.6) is 0 Å². The highest BCUT2D eigenvalue weighted by Gasteiger charge is 2.27. The van der Waals surface area contributed by atoms with E-state index in [1.165, 1.54) is 24.0 Å². The maximum absolute atomic E-state index is 12.7. The molecular weight excluding hydrogens is 412 g/mol. The lowest BCUT2D eigenvalue weighted by Gasteiger charge is -2.29. The van der Waals surface area contributed by atoms with Gasteiger partial charge in [-0.1, -0.05) is 39.0 Å². The van der Waals surface area contributed by atoms with Crippen LogP contribution in [-0.2, 0) is 20.2 Å². The zero-order chi connectivity index (χ0) is 22.8.